The molecule has 252 valence electrons. The predicted octanol–water partition coefficient (Wildman–Crippen LogP) is 11.1. The van der Waals surface area contributed by atoms with E-state index in [1.807, 2.05) is 85.8 Å². The van der Waals surface area contributed by atoms with Crippen LogP contribution >= 0.6 is 0 Å². The first-order valence-electron chi connectivity index (χ1n) is 17.0. The zero-order valence-electron chi connectivity index (χ0n) is 30.3. The molecule has 0 heterocycles. The molecule has 0 bridgehead atoms. The molecule has 6 aromatic carbocycles. The first kappa shape index (κ1) is 36.7. The molecular weight excluding hydrogens is 639 g/mol. The number of aryl methyl sites for hydroxylation is 6. The lowest BCUT2D eigenvalue weighted by atomic mass is 10.1. The minimum Gasteiger partial charge on any atom is -0.207 e. The molecule has 0 radical (unpaired) electrons. The Labute approximate surface area is 307 Å². The SMILES string of the molecule is Cc1ccc(C#Cc2ccc(C#Cc3ccc(C)c(C)c3)cc2F)cc1.Cc1ccc(C#Cc2ccc(C#Cc3ccc(C)c(F)c3)cc2)cc1C. The Morgan fingerprint density at radius 1 is 0.288 bits per heavy atom. The molecule has 0 atom stereocenters. The molecule has 0 nitrogen and oxygen atoms in total. The Hall–Kier alpha value is -6.58. The van der Waals surface area contributed by atoms with Crippen molar-refractivity contribution in [2.75, 3.05) is 0 Å². The molecule has 0 saturated carbocycles. The molecule has 2 heteroatoms. The zero-order chi connectivity index (χ0) is 37.0. The van der Waals surface area contributed by atoms with Crippen LogP contribution in [0.5, 0.6) is 0 Å². The van der Waals surface area contributed by atoms with Gasteiger partial charge in [0.2, 0.25) is 0 Å². The number of rotatable bonds is 0. The molecule has 0 aliphatic heterocycles. The molecule has 0 N–H and O–H groups in total. The fourth-order valence-corrected chi connectivity index (χ4v) is 4.85. The van der Waals surface area contributed by atoms with E-state index in [0.29, 0.717) is 22.3 Å². The van der Waals surface area contributed by atoms with E-state index >= 15 is 0 Å². The minimum atomic E-state index is -0.350. The lowest BCUT2D eigenvalue weighted by Gasteiger charge is -1.99. The van der Waals surface area contributed by atoms with Gasteiger partial charge in [0.05, 0.1) is 5.56 Å². The van der Waals surface area contributed by atoms with E-state index in [1.165, 1.54) is 39.9 Å². The third kappa shape index (κ3) is 10.7. The first-order chi connectivity index (χ1) is 25.0. The molecule has 0 aromatic heterocycles. The zero-order valence-corrected chi connectivity index (χ0v) is 30.3. The van der Waals surface area contributed by atoms with Gasteiger partial charge in [-0.05, 0) is 160 Å². The molecule has 0 saturated heterocycles. The fraction of sp³-hybridized carbons (Fsp3) is 0.120. The molecular formula is C50H38F2. The van der Waals surface area contributed by atoms with Gasteiger partial charge in [0.25, 0.3) is 0 Å². The van der Waals surface area contributed by atoms with E-state index in [-0.39, 0.29) is 11.6 Å². The Morgan fingerprint density at radius 2 is 0.615 bits per heavy atom. The monoisotopic (exact) mass is 676 g/mol. The normalized spacial score (nSPS) is 9.69. The van der Waals surface area contributed by atoms with Crippen LogP contribution in [0.2, 0.25) is 0 Å². The summed E-state index contributed by atoms with van der Waals surface area (Å²) in [4.78, 5) is 0. The summed E-state index contributed by atoms with van der Waals surface area (Å²) in [7, 11) is 0. The second kappa shape index (κ2) is 17.4. The summed E-state index contributed by atoms with van der Waals surface area (Å²) in [6.07, 6.45) is 0. The van der Waals surface area contributed by atoms with Crippen molar-refractivity contribution in [3.8, 4) is 47.4 Å². The van der Waals surface area contributed by atoms with Crippen LogP contribution in [0.25, 0.3) is 0 Å². The first-order valence-corrected chi connectivity index (χ1v) is 17.0. The van der Waals surface area contributed by atoms with E-state index in [9.17, 15) is 8.78 Å². The van der Waals surface area contributed by atoms with E-state index in [2.05, 4.69) is 87.2 Å². The Morgan fingerprint density at radius 3 is 1.04 bits per heavy atom. The van der Waals surface area contributed by atoms with Gasteiger partial charge in [0.1, 0.15) is 11.6 Å². The Kier molecular flexibility index (Phi) is 12.3. The minimum absolute atomic E-state index is 0.228. The molecule has 0 amide bonds. The Bertz CT molecular complexity index is 2400. The van der Waals surface area contributed by atoms with Crippen molar-refractivity contribution in [3.63, 3.8) is 0 Å². The van der Waals surface area contributed by atoms with Crippen molar-refractivity contribution in [1.29, 1.82) is 0 Å². The van der Waals surface area contributed by atoms with Gasteiger partial charge < -0.3 is 0 Å². The Balaban J connectivity index is 0.000000201. The summed E-state index contributed by atoms with van der Waals surface area (Å²) in [6.45, 7) is 12.1. The van der Waals surface area contributed by atoms with Gasteiger partial charge in [-0.2, -0.15) is 0 Å². The summed E-state index contributed by atoms with van der Waals surface area (Å²) in [5.74, 6) is 23.8. The molecule has 6 aromatic rings. The number of hydrogen-bond acceptors (Lipinski definition) is 0. The highest BCUT2D eigenvalue weighted by molar-refractivity contribution is 5.51. The predicted molar refractivity (Wildman–Crippen MR) is 211 cm³/mol. The lowest BCUT2D eigenvalue weighted by Crippen LogP contribution is -1.86. The molecule has 6 rings (SSSR count). The second-order valence-corrected chi connectivity index (χ2v) is 12.7. The number of hydrogen-bond donors (Lipinski definition) is 0. The van der Waals surface area contributed by atoms with Gasteiger partial charge in [-0.15, -0.1) is 0 Å². The standard InChI is InChI=1S/2C25H19F/c1-18-4-7-21(8-5-18)12-14-24-15-13-23(17-25(24)26)11-10-22-9-6-19(2)20(3)16-22;1-18-4-6-23(16-20(18)3)14-12-21-8-10-22(11-9-21)13-15-24-7-5-19(2)25(26)17-24/h4-9,13,15-17H,1-3H3;4-11,16-17H,1-3H3. The van der Waals surface area contributed by atoms with Crippen molar-refractivity contribution in [3.05, 3.63) is 211 Å². The van der Waals surface area contributed by atoms with Crippen LogP contribution in [0.3, 0.4) is 0 Å². The summed E-state index contributed by atoms with van der Waals surface area (Å²) in [5, 5.41) is 0. The summed E-state index contributed by atoms with van der Waals surface area (Å²) in [5.41, 5.74) is 13.1. The van der Waals surface area contributed by atoms with Crippen molar-refractivity contribution in [2.24, 2.45) is 0 Å². The summed E-state index contributed by atoms with van der Waals surface area (Å²) >= 11 is 0. The van der Waals surface area contributed by atoms with Gasteiger partial charge in [0.15, 0.2) is 0 Å². The van der Waals surface area contributed by atoms with Crippen LogP contribution in [0, 0.1) is 101 Å². The molecule has 0 unspecified atom stereocenters. The van der Waals surface area contributed by atoms with Crippen molar-refractivity contribution in [1.82, 2.24) is 0 Å². The van der Waals surface area contributed by atoms with Crippen LogP contribution in [0.15, 0.2) is 121 Å². The van der Waals surface area contributed by atoms with E-state index < -0.39 is 0 Å². The number of benzene rings is 6. The maximum absolute atomic E-state index is 14.3. The topological polar surface area (TPSA) is 0 Å². The highest BCUT2D eigenvalue weighted by Gasteiger charge is 2.01. The van der Waals surface area contributed by atoms with Crippen LogP contribution < -0.4 is 0 Å². The highest BCUT2D eigenvalue weighted by Crippen LogP contribution is 2.13. The maximum Gasteiger partial charge on any atom is 0.140 e. The van der Waals surface area contributed by atoms with E-state index in [4.69, 9.17) is 0 Å². The largest absolute Gasteiger partial charge is 0.207 e. The number of halogens is 2. The quantitative estimate of drug-likeness (QED) is 0.141. The second-order valence-electron chi connectivity index (χ2n) is 12.7. The van der Waals surface area contributed by atoms with Crippen molar-refractivity contribution in [2.45, 2.75) is 41.5 Å². The van der Waals surface area contributed by atoms with Crippen molar-refractivity contribution < 1.29 is 8.78 Å². The third-order valence-electron chi connectivity index (χ3n) is 8.49. The van der Waals surface area contributed by atoms with Crippen LogP contribution in [0.1, 0.15) is 77.9 Å². The van der Waals surface area contributed by atoms with Crippen LogP contribution in [-0.4, -0.2) is 0 Å². The average molecular weight is 677 g/mol. The lowest BCUT2D eigenvalue weighted by molar-refractivity contribution is 0.618. The third-order valence-corrected chi connectivity index (χ3v) is 8.49. The fourth-order valence-electron chi connectivity index (χ4n) is 4.85. The van der Waals surface area contributed by atoms with E-state index in [0.717, 1.165) is 27.8 Å². The van der Waals surface area contributed by atoms with Crippen LogP contribution in [0.4, 0.5) is 8.78 Å². The molecule has 0 aliphatic rings. The van der Waals surface area contributed by atoms with Gasteiger partial charge in [-0.25, -0.2) is 8.78 Å². The van der Waals surface area contributed by atoms with Gasteiger partial charge in [-0.3, -0.25) is 0 Å². The smallest absolute Gasteiger partial charge is 0.140 e. The molecule has 0 aliphatic carbocycles. The molecule has 0 fully saturated rings. The highest BCUT2D eigenvalue weighted by atomic mass is 19.1. The van der Waals surface area contributed by atoms with Crippen LogP contribution in [-0.2, 0) is 0 Å². The molecule has 0 spiro atoms. The average Bonchev–Trinajstić information content (AvgIpc) is 3.14. The van der Waals surface area contributed by atoms with E-state index in [1.54, 1.807) is 25.1 Å². The van der Waals surface area contributed by atoms with Crippen molar-refractivity contribution >= 4 is 0 Å². The summed E-state index contributed by atoms with van der Waals surface area (Å²) < 4.78 is 27.8. The van der Waals surface area contributed by atoms with Gasteiger partial charge in [-0.1, -0.05) is 83.3 Å². The van der Waals surface area contributed by atoms with Gasteiger partial charge >= 0.3 is 0 Å². The summed E-state index contributed by atoms with van der Waals surface area (Å²) in [6, 6.07) is 37.9. The van der Waals surface area contributed by atoms with Gasteiger partial charge in [0, 0.05) is 38.9 Å². The molecule has 52 heavy (non-hydrogen) atoms. The maximum atomic E-state index is 14.3.